The van der Waals surface area contributed by atoms with Crippen molar-refractivity contribution in [2.75, 3.05) is 31.3 Å². The monoisotopic (exact) mass is 461 g/mol. The number of rotatable bonds is 5. The lowest BCUT2D eigenvalue weighted by Crippen LogP contribution is -2.39. The molecule has 7 heteroatoms. The Morgan fingerprint density at radius 2 is 1.65 bits per heavy atom. The second-order valence-corrected chi connectivity index (χ2v) is 8.97. The Morgan fingerprint density at radius 3 is 2.38 bits per heavy atom. The molecule has 6 rings (SSSR count). The van der Waals surface area contributed by atoms with Crippen LogP contribution in [0.25, 0.3) is 0 Å². The molecular formula is C27H28FN3O3. The number of anilines is 1. The third kappa shape index (κ3) is 3.85. The maximum absolute atomic E-state index is 13.5. The quantitative estimate of drug-likeness (QED) is 0.583. The summed E-state index contributed by atoms with van der Waals surface area (Å²) in [6.45, 7) is 5.27. The predicted octanol–water partition coefficient (Wildman–Crippen LogP) is 4.52. The van der Waals surface area contributed by atoms with Crippen molar-refractivity contribution in [3.05, 3.63) is 83.2 Å². The molecule has 3 aromatic rings. The van der Waals surface area contributed by atoms with Crippen molar-refractivity contribution < 1.29 is 18.6 Å². The molecule has 3 unspecified atom stereocenters. The van der Waals surface area contributed by atoms with Gasteiger partial charge in [-0.3, -0.25) is 0 Å². The van der Waals surface area contributed by atoms with Crippen LogP contribution in [0.4, 0.5) is 10.1 Å². The van der Waals surface area contributed by atoms with Crippen LogP contribution >= 0.6 is 0 Å². The average Bonchev–Trinajstić information content (AvgIpc) is 3.29. The number of hydrazine groups is 1. The van der Waals surface area contributed by atoms with Crippen LogP contribution in [0.3, 0.4) is 0 Å². The van der Waals surface area contributed by atoms with E-state index in [-0.39, 0.29) is 23.8 Å². The second kappa shape index (κ2) is 8.81. The molecule has 2 N–H and O–H groups in total. The van der Waals surface area contributed by atoms with Crippen LogP contribution in [0, 0.1) is 11.7 Å². The lowest BCUT2D eigenvalue weighted by atomic mass is 9.81. The van der Waals surface area contributed by atoms with Crippen LogP contribution in [0.2, 0.25) is 0 Å². The van der Waals surface area contributed by atoms with Gasteiger partial charge in [0.05, 0.1) is 18.7 Å². The van der Waals surface area contributed by atoms with Crippen LogP contribution in [-0.4, -0.2) is 26.4 Å². The number of fused-ring (bicyclic) bond motifs is 4. The third-order valence-corrected chi connectivity index (χ3v) is 6.89. The molecule has 6 nitrogen and oxygen atoms in total. The molecule has 0 aliphatic carbocycles. The van der Waals surface area contributed by atoms with Crippen LogP contribution < -0.4 is 30.0 Å². The summed E-state index contributed by atoms with van der Waals surface area (Å²) < 4.78 is 30.9. The van der Waals surface area contributed by atoms with Crippen LogP contribution in [0.15, 0.2) is 60.7 Å². The van der Waals surface area contributed by atoms with E-state index in [0.717, 1.165) is 35.0 Å². The fraction of sp³-hybridized carbons (Fsp3) is 0.333. The molecule has 3 heterocycles. The van der Waals surface area contributed by atoms with Gasteiger partial charge in [-0.15, -0.1) is 0 Å². The number of ether oxygens (including phenoxy) is 3. The Kier molecular flexibility index (Phi) is 5.51. The van der Waals surface area contributed by atoms with Crippen LogP contribution in [-0.2, 0) is 6.54 Å². The highest BCUT2D eigenvalue weighted by atomic mass is 19.1. The number of nitrogens with one attached hydrogen (secondary N) is 2. The molecule has 34 heavy (non-hydrogen) atoms. The molecule has 0 saturated carbocycles. The first-order valence-corrected chi connectivity index (χ1v) is 11.9. The van der Waals surface area contributed by atoms with Crippen molar-refractivity contribution in [1.82, 2.24) is 10.9 Å². The highest BCUT2D eigenvalue weighted by molar-refractivity contribution is 5.65. The maximum Gasteiger partial charge on any atom is 0.163 e. The Balaban J connectivity index is 1.36. The minimum Gasteiger partial charge on any atom is -0.494 e. The van der Waals surface area contributed by atoms with Crippen molar-refractivity contribution in [2.24, 2.45) is 5.92 Å². The third-order valence-electron chi connectivity index (χ3n) is 6.89. The summed E-state index contributed by atoms with van der Waals surface area (Å²) in [6, 6.07) is 19.6. The Bertz CT molecular complexity index is 1170. The lowest BCUT2D eigenvalue weighted by Gasteiger charge is -2.40. The largest absolute Gasteiger partial charge is 0.494 e. The van der Waals surface area contributed by atoms with Gasteiger partial charge in [-0.1, -0.05) is 24.3 Å². The smallest absolute Gasteiger partial charge is 0.163 e. The van der Waals surface area contributed by atoms with E-state index in [1.807, 2.05) is 31.2 Å². The molecule has 0 aromatic heterocycles. The van der Waals surface area contributed by atoms with Crippen LogP contribution in [0.5, 0.6) is 17.2 Å². The molecule has 0 amide bonds. The van der Waals surface area contributed by atoms with E-state index in [2.05, 4.69) is 40.0 Å². The van der Waals surface area contributed by atoms with Gasteiger partial charge in [0, 0.05) is 30.8 Å². The van der Waals surface area contributed by atoms with E-state index in [4.69, 9.17) is 14.2 Å². The summed E-state index contributed by atoms with van der Waals surface area (Å²) >= 11 is 0. The number of halogens is 1. The van der Waals surface area contributed by atoms with Crippen molar-refractivity contribution in [3.8, 4) is 17.2 Å². The number of hydrogen-bond acceptors (Lipinski definition) is 6. The summed E-state index contributed by atoms with van der Waals surface area (Å²) in [5, 5.41) is 0. The Hall–Kier alpha value is -3.29. The van der Waals surface area contributed by atoms with Crippen molar-refractivity contribution in [1.29, 1.82) is 0 Å². The molecule has 3 aliphatic heterocycles. The minimum absolute atomic E-state index is 0.131. The summed E-state index contributed by atoms with van der Waals surface area (Å²) in [6.07, 6.45) is 0. The lowest BCUT2D eigenvalue weighted by molar-refractivity contribution is 0.171. The molecule has 3 atom stereocenters. The van der Waals surface area contributed by atoms with E-state index in [1.54, 1.807) is 0 Å². The van der Waals surface area contributed by atoms with Gasteiger partial charge in [-0.25, -0.2) is 15.2 Å². The molecule has 0 bridgehead atoms. The Labute approximate surface area is 198 Å². The number of benzene rings is 3. The summed E-state index contributed by atoms with van der Waals surface area (Å²) in [5.41, 5.74) is 11.7. The fourth-order valence-corrected chi connectivity index (χ4v) is 5.30. The summed E-state index contributed by atoms with van der Waals surface area (Å²) in [5.74, 6) is 2.51. The maximum atomic E-state index is 13.5. The molecule has 1 fully saturated rings. The van der Waals surface area contributed by atoms with E-state index >= 15 is 0 Å². The van der Waals surface area contributed by atoms with Gasteiger partial charge in [0.1, 0.15) is 24.8 Å². The normalized spacial score (nSPS) is 22.8. The van der Waals surface area contributed by atoms with Gasteiger partial charge >= 0.3 is 0 Å². The van der Waals surface area contributed by atoms with Crippen molar-refractivity contribution >= 4 is 5.69 Å². The van der Waals surface area contributed by atoms with Crippen molar-refractivity contribution in [3.63, 3.8) is 0 Å². The molecule has 3 aromatic carbocycles. The summed E-state index contributed by atoms with van der Waals surface area (Å²) in [7, 11) is 0. The van der Waals surface area contributed by atoms with Gasteiger partial charge in [0.15, 0.2) is 11.5 Å². The van der Waals surface area contributed by atoms with E-state index in [1.165, 1.54) is 23.3 Å². The van der Waals surface area contributed by atoms with E-state index in [9.17, 15) is 4.39 Å². The molecule has 0 spiro atoms. The van der Waals surface area contributed by atoms with E-state index in [0.29, 0.717) is 26.4 Å². The topological polar surface area (TPSA) is 55.0 Å². The highest BCUT2D eigenvalue weighted by Gasteiger charge is 2.44. The van der Waals surface area contributed by atoms with Crippen LogP contribution in [0.1, 0.15) is 35.7 Å². The first kappa shape index (κ1) is 21.3. The van der Waals surface area contributed by atoms with Gasteiger partial charge in [0.2, 0.25) is 0 Å². The molecule has 1 saturated heterocycles. The zero-order chi connectivity index (χ0) is 23.1. The standard InChI is InChI=1S/C27H28FN3O3/c1-2-32-20-9-5-18(6-10-20)26-22-16-31(15-17-3-7-19(28)8-4-17)23-14-25-24(33-11-12-34-25)13-21(23)27(22)30-29-26/h3-10,13-14,22,26-27,29-30H,2,11-12,15-16H2,1H3. The zero-order valence-electron chi connectivity index (χ0n) is 19.1. The fourth-order valence-electron chi connectivity index (χ4n) is 5.30. The average molecular weight is 462 g/mol. The van der Waals surface area contributed by atoms with Gasteiger partial charge in [0.25, 0.3) is 0 Å². The number of hydrogen-bond donors (Lipinski definition) is 2. The minimum atomic E-state index is -0.220. The van der Waals surface area contributed by atoms with E-state index < -0.39 is 0 Å². The second-order valence-electron chi connectivity index (χ2n) is 8.97. The molecule has 3 aliphatic rings. The first-order chi connectivity index (χ1) is 16.7. The van der Waals surface area contributed by atoms with Gasteiger partial charge in [-0.05, 0) is 53.9 Å². The predicted molar refractivity (Wildman–Crippen MR) is 128 cm³/mol. The molecule has 176 valence electrons. The van der Waals surface area contributed by atoms with Crippen molar-refractivity contribution in [2.45, 2.75) is 25.6 Å². The summed E-state index contributed by atoms with van der Waals surface area (Å²) in [4.78, 5) is 2.37. The Morgan fingerprint density at radius 1 is 0.941 bits per heavy atom. The molecule has 0 radical (unpaired) electrons. The van der Waals surface area contributed by atoms with Gasteiger partial charge < -0.3 is 19.1 Å². The highest BCUT2D eigenvalue weighted by Crippen LogP contribution is 2.49. The SMILES string of the molecule is CCOc1ccc(C2NNC3c4cc5c(cc4N(Cc4ccc(F)cc4)CC23)OCCO5)cc1. The first-order valence-electron chi connectivity index (χ1n) is 11.9. The molecular weight excluding hydrogens is 433 g/mol. The van der Waals surface area contributed by atoms with Gasteiger partial charge in [-0.2, -0.15) is 0 Å². The zero-order valence-corrected chi connectivity index (χ0v) is 19.1. The number of nitrogens with zero attached hydrogens (tertiary/aromatic N) is 1.